The van der Waals surface area contributed by atoms with Gasteiger partial charge in [-0.25, -0.2) is 0 Å². The fourth-order valence-electron chi connectivity index (χ4n) is 1.52. The van der Waals surface area contributed by atoms with Gasteiger partial charge in [0, 0.05) is 0 Å². The van der Waals surface area contributed by atoms with Crippen molar-refractivity contribution in [3.05, 3.63) is 60.7 Å². The minimum atomic E-state index is -0.00758. The van der Waals surface area contributed by atoms with Crippen molar-refractivity contribution in [2.24, 2.45) is 0 Å². The molecular weight excluding hydrogens is 426 g/mol. The van der Waals surface area contributed by atoms with Crippen LogP contribution in [-0.2, 0) is 0 Å². The molecular formula is C18H28BrClO2P2. The second-order valence-electron chi connectivity index (χ2n) is 5.13. The molecule has 0 aliphatic rings. The van der Waals surface area contributed by atoms with E-state index in [0.29, 0.717) is 5.85 Å². The highest BCUT2D eigenvalue weighted by molar-refractivity contribution is 8.93. The first-order chi connectivity index (χ1) is 10.5. The molecule has 6 heteroatoms. The quantitative estimate of drug-likeness (QED) is 0.485. The minimum Gasteiger partial charge on any atom is -0.487 e. The predicted molar refractivity (Wildman–Crippen MR) is 119 cm³/mol. The minimum absolute atomic E-state index is 0. The first-order valence-corrected chi connectivity index (χ1v) is 10.3. The summed E-state index contributed by atoms with van der Waals surface area (Å²) in [4.78, 5) is 0. The average molecular weight is 454 g/mol. The zero-order valence-electron chi connectivity index (χ0n) is 14.6. The normalized spacial score (nSPS) is 11.8. The van der Waals surface area contributed by atoms with Gasteiger partial charge in [0.1, 0.15) is 23.2 Å². The standard InChI is InChI=1S/C10H15OP.C8H11OP.BrH.ClH/c1-9(12(2)3)11-10-7-5-4-6-8-10;1-7(10)9-8-5-3-2-4-6-8;;/h4-9H,1-3H3;2-7H,10H2,1H3;2*1H. The SMILES string of the molecule is Br.CC(Oc1ccccc1)P(C)C.CC(P)Oc1ccccc1.Cl. The van der Waals surface area contributed by atoms with Crippen molar-refractivity contribution in [2.45, 2.75) is 25.5 Å². The van der Waals surface area contributed by atoms with E-state index in [0.717, 1.165) is 11.5 Å². The second kappa shape index (κ2) is 15.0. The molecule has 0 aromatic heterocycles. The highest BCUT2D eigenvalue weighted by Gasteiger charge is 2.06. The molecule has 0 saturated heterocycles. The van der Waals surface area contributed by atoms with Gasteiger partial charge < -0.3 is 9.47 Å². The molecule has 0 saturated carbocycles. The van der Waals surface area contributed by atoms with E-state index in [2.05, 4.69) is 29.5 Å². The van der Waals surface area contributed by atoms with Crippen molar-refractivity contribution < 1.29 is 9.47 Å². The molecule has 3 atom stereocenters. The lowest BCUT2D eigenvalue weighted by atomic mass is 10.3. The van der Waals surface area contributed by atoms with Gasteiger partial charge in [-0.05, 0) is 51.4 Å². The Balaban J connectivity index is 0. The Kier molecular flexibility index (Phi) is 16.2. The van der Waals surface area contributed by atoms with Crippen molar-refractivity contribution in [1.82, 2.24) is 0 Å². The Morgan fingerprint density at radius 2 is 1.17 bits per heavy atom. The number of hydrogen-bond donors (Lipinski definition) is 0. The van der Waals surface area contributed by atoms with Crippen LogP contribution in [0.15, 0.2) is 60.7 Å². The van der Waals surface area contributed by atoms with E-state index < -0.39 is 0 Å². The second-order valence-corrected chi connectivity index (χ2v) is 8.72. The number of halogens is 2. The average Bonchev–Trinajstić information content (AvgIpc) is 2.49. The van der Waals surface area contributed by atoms with Crippen molar-refractivity contribution in [3.8, 4) is 11.5 Å². The first kappa shape index (κ1) is 25.9. The van der Waals surface area contributed by atoms with Crippen LogP contribution in [0.1, 0.15) is 13.8 Å². The third-order valence-electron chi connectivity index (χ3n) is 2.84. The number of benzene rings is 2. The molecule has 0 fully saturated rings. The molecule has 0 spiro atoms. The fraction of sp³-hybridized carbons (Fsp3) is 0.333. The molecule has 0 aliphatic carbocycles. The van der Waals surface area contributed by atoms with Crippen LogP contribution in [0, 0.1) is 0 Å². The maximum Gasteiger partial charge on any atom is 0.120 e. The molecule has 24 heavy (non-hydrogen) atoms. The summed E-state index contributed by atoms with van der Waals surface area (Å²) in [5, 5.41) is 0. The van der Waals surface area contributed by atoms with Gasteiger partial charge in [0.15, 0.2) is 0 Å². The van der Waals surface area contributed by atoms with E-state index >= 15 is 0 Å². The summed E-state index contributed by atoms with van der Waals surface area (Å²) in [5.74, 6) is 2.43. The zero-order chi connectivity index (χ0) is 16.4. The number of hydrogen-bond acceptors (Lipinski definition) is 2. The summed E-state index contributed by atoms with van der Waals surface area (Å²) in [7, 11) is 2.58. The van der Waals surface area contributed by atoms with Gasteiger partial charge in [-0.2, -0.15) is 0 Å². The fourth-order valence-corrected chi connectivity index (χ4v) is 2.00. The lowest BCUT2D eigenvalue weighted by Crippen LogP contribution is -2.08. The van der Waals surface area contributed by atoms with Crippen LogP contribution < -0.4 is 9.47 Å². The van der Waals surface area contributed by atoms with Crippen LogP contribution in [0.2, 0.25) is 0 Å². The monoisotopic (exact) mass is 452 g/mol. The maximum atomic E-state index is 5.70. The molecule has 0 heterocycles. The van der Waals surface area contributed by atoms with Gasteiger partial charge in [0.25, 0.3) is 0 Å². The summed E-state index contributed by atoms with van der Waals surface area (Å²) in [5.41, 5.74) is 0. The summed E-state index contributed by atoms with van der Waals surface area (Å²) in [6.07, 6.45) is 0. The maximum absolute atomic E-state index is 5.70. The summed E-state index contributed by atoms with van der Waals surface area (Å²) >= 11 is 0. The largest absolute Gasteiger partial charge is 0.487 e. The topological polar surface area (TPSA) is 18.5 Å². The Bertz CT molecular complexity index is 513. The number of rotatable bonds is 5. The van der Waals surface area contributed by atoms with Gasteiger partial charge in [0.2, 0.25) is 0 Å². The highest BCUT2D eigenvalue weighted by Crippen LogP contribution is 2.33. The third-order valence-corrected chi connectivity index (χ3v) is 4.54. The van der Waals surface area contributed by atoms with Crippen LogP contribution in [0.4, 0.5) is 0 Å². The van der Waals surface area contributed by atoms with E-state index in [9.17, 15) is 0 Å². The van der Waals surface area contributed by atoms with Gasteiger partial charge in [-0.15, -0.1) is 29.4 Å². The van der Waals surface area contributed by atoms with E-state index in [4.69, 9.17) is 9.47 Å². The number of ether oxygens (including phenoxy) is 2. The van der Waals surface area contributed by atoms with Gasteiger partial charge in [-0.1, -0.05) is 53.6 Å². The molecule has 136 valence electrons. The van der Waals surface area contributed by atoms with E-state index in [-0.39, 0.29) is 43.2 Å². The zero-order valence-corrected chi connectivity index (χ0v) is 19.2. The van der Waals surface area contributed by atoms with E-state index in [1.54, 1.807) is 0 Å². The molecule has 2 rings (SSSR count). The first-order valence-electron chi connectivity index (χ1n) is 7.34. The van der Waals surface area contributed by atoms with Crippen molar-refractivity contribution in [3.63, 3.8) is 0 Å². The molecule has 0 amide bonds. The molecule has 2 aromatic carbocycles. The molecule has 2 aromatic rings. The van der Waals surface area contributed by atoms with Gasteiger partial charge >= 0.3 is 0 Å². The summed E-state index contributed by atoms with van der Waals surface area (Å²) in [6, 6.07) is 19.8. The number of para-hydroxylation sites is 2. The Hall–Kier alpha value is -0.330. The van der Waals surface area contributed by atoms with E-state index in [1.165, 1.54) is 0 Å². The Labute approximate surface area is 166 Å². The Morgan fingerprint density at radius 3 is 1.50 bits per heavy atom. The smallest absolute Gasteiger partial charge is 0.120 e. The third kappa shape index (κ3) is 12.1. The lowest BCUT2D eigenvalue weighted by molar-refractivity contribution is 0.303. The van der Waals surface area contributed by atoms with Crippen LogP contribution in [0.25, 0.3) is 0 Å². The van der Waals surface area contributed by atoms with Crippen LogP contribution in [0.3, 0.4) is 0 Å². The van der Waals surface area contributed by atoms with Crippen molar-refractivity contribution in [1.29, 1.82) is 0 Å². The van der Waals surface area contributed by atoms with Crippen LogP contribution in [-0.4, -0.2) is 25.0 Å². The van der Waals surface area contributed by atoms with Crippen LogP contribution in [0.5, 0.6) is 11.5 Å². The molecule has 3 unspecified atom stereocenters. The van der Waals surface area contributed by atoms with Gasteiger partial charge in [0.05, 0.1) is 0 Å². The highest BCUT2D eigenvalue weighted by atomic mass is 79.9. The molecule has 0 bridgehead atoms. The van der Waals surface area contributed by atoms with Gasteiger partial charge in [-0.3, -0.25) is 0 Å². The lowest BCUT2D eigenvalue weighted by Gasteiger charge is -2.18. The van der Waals surface area contributed by atoms with Crippen molar-refractivity contribution in [2.75, 3.05) is 13.3 Å². The molecule has 2 nitrogen and oxygen atoms in total. The molecule has 0 radical (unpaired) electrons. The van der Waals surface area contributed by atoms with Crippen molar-refractivity contribution >= 4 is 46.5 Å². The molecule has 0 N–H and O–H groups in total. The molecule has 0 aliphatic heterocycles. The van der Waals surface area contributed by atoms with Crippen LogP contribution >= 0.6 is 46.5 Å². The Morgan fingerprint density at radius 1 is 0.792 bits per heavy atom. The summed E-state index contributed by atoms with van der Waals surface area (Å²) < 4.78 is 11.1. The summed E-state index contributed by atoms with van der Waals surface area (Å²) in [6.45, 7) is 8.56. The predicted octanol–water partition coefficient (Wildman–Crippen LogP) is 6.44. The van der Waals surface area contributed by atoms with E-state index in [1.807, 2.05) is 67.6 Å².